The van der Waals surface area contributed by atoms with Gasteiger partial charge in [-0.2, -0.15) is 0 Å². The topological polar surface area (TPSA) is 113 Å². The van der Waals surface area contributed by atoms with Gasteiger partial charge >= 0.3 is 0 Å². The summed E-state index contributed by atoms with van der Waals surface area (Å²) in [6, 6.07) is 11.1. The first kappa shape index (κ1) is 34.7. The van der Waals surface area contributed by atoms with Crippen molar-refractivity contribution >= 4 is 52.5 Å². The molecule has 7 rings (SSSR count). The number of rotatable bonds is 6. The Morgan fingerprint density at radius 3 is 2.08 bits per heavy atom. The van der Waals surface area contributed by atoms with Gasteiger partial charge in [-0.05, 0) is 24.3 Å². The van der Waals surface area contributed by atoms with E-state index in [0.717, 1.165) is 11.0 Å². The second kappa shape index (κ2) is 11.9. The summed E-state index contributed by atoms with van der Waals surface area (Å²) in [6.07, 6.45) is 0.777. The molecule has 2 aliphatic heterocycles. The molecule has 0 unspecified atom stereocenters. The molecule has 266 valence electrons. The van der Waals surface area contributed by atoms with Gasteiger partial charge in [0.25, 0.3) is 11.8 Å². The molecule has 2 heterocycles. The highest BCUT2D eigenvalue weighted by Crippen LogP contribution is 2.67. The number of methoxy groups -OCH3 is 2. The summed E-state index contributed by atoms with van der Waals surface area (Å²) in [5, 5.41) is 11.4. The van der Waals surface area contributed by atoms with Crippen LogP contribution in [0, 0.1) is 46.8 Å². The zero-order valence-electron chi connectivity index (χ0n) is 26.5. The lowest BCUT2D eigenvalue weighted by atomic mass is 9.56. The molecule has 9 nitrogen and oxygen atoms in total. The molecule has 4 amide bonds. The summed E-state index contributed by atoms with van der Waals surface area (Å²) in [7, 11) is 2.48. The number of halogens is 7. The van der Waals surface area contributed by atoms with Gasteiger partial charge in [0.15, 0.2) is 33.0 Å². The minimum absolute atomic E-state index is 0.0617. The molecule has 1 saturated carbocycles. The van der Waals surface area contributed by atoms with E-state index < -0.39 is 104 Å². The van der Waals surface area contributed by atoms with Gasteiger partial charge in [0.2, 0.25) is 17.6 Å². The molecule has 4 aliphatic rings. The predicted molar refractivity (Wildman–Crippen MR) is 170 cm³/mol. The van der Waals surface area contributed by atoms with Crippen LogP contribution in [-0.2, 0) is 25.7 Å². The van der Waals surface area contributed by atoms with Gasteiger partial charge < -0.3 is 14.6 Å². The molecule has 3 fully saturated rings. The van der Waals surface area contributed by atoms with Crippen molar-refractivity contribution < 1.29 is 55.7 Å². The van der Waals surface area contributed by atoms with Crippen molar-refractivity contribution in [2.24, 2.45) is 17.8 Å². The first-order valence-corrected chi connectivity index (χ1v) is 16.2. The van der Waals surface area contributed by atoms with E-state index in [1.807, 2.05) is 0 Å². The number of phenols is 1. The molecule has 3 aromatic carbocycles. The Morgan fingerprint density at radius 1 is 0.843 bits per heavy atom. The van der Waals surface area contributed by atoms with Crippen molar-refractivity contribution in [1.82, 2.24) is 4.90 Å². The number of alkyl halides is 2. The van der Waals surface area contributed by atoms with Gasteiger partial charge in [-0.1, -0.05) is 42.0 Å². The third kappa shape index (κ3) is 4.57. The molecule has 6 atom stereocenters. The van der Waals surface area contributed by atoms with Crippen molar-refractivity contribution in [3.05, 3.63) is 94.3 Å². The number of carbonyl (C=O) groups is 4. The first-order chi connectivity index (χ1) is 24.1. The number of fused-ring (bicyclic) bond motifs is 4. The van der Waals surface area contributed by atoms with Crippen LogP contribution in [-0.4, -0.2) is 57.6 Å². The molecule has 2 aliphatic carbocycles. The van der Waals surface area contributed by atoms with E-state index in [2.05, 4.69) is 0 Å². The van der Waals surface area contributed by atoms with Crippen LogP contribution < -0.4 is 14.4 Å². The highest BCUT2D eigenvalue weighted by molar-refractivity contribution is 6.58. The zero-order chi connectivity index (χ0) is 36.9. The Bertz CT molecular complexity index is 2070. The molecule has 0 bridgehead atoms. The van der Waals surface area contributed by atoms with Crippen LogP contribution >= 0.6 is 23.2 Å². The number of ether oxygens (including phenoxy) is 2. The minimum Gasteiger partial charge on any atom is -0.507 e. The van der Waals surface area contributed by atoms with Crippen LogP contribution in [0.3, 0.4) is 0 Å². The van der Waals surface area contributed by atoms with E-state index in [-0.39, 0.29) is 40.5 Å². The summed E-state index contributed by atoms with van der Waals surface area (Å²) in [6.45, 7) is -0.0824. The normalized spacial score (nSPS) is 28.5. The van der Waals surface area contributed by atoms with E-state index in [9.17, 15) is 37.5 Å². The number of allylic oxidation sites excluding steroid dienone is 2. The second-order valence-electron chi connectivity index (χ2n) is 12.7. The Balaban J connectivity index is 1.45. The second-order valence-corrected chi connectivity index (χ2v) is 13.9. The largest absolute Gasteiger partial charge is 0.507 e. The molecular formula is C35H25Cl2F5N2O7. The highest BCUT2D eigenvalue weighted by Gasteiger charge is 2.77. The average Bonchev–Trinajstić information content (AvgIpc) is 3.44. The molecule has 1 N–H and O–H groups in total. The van der Waals surface area contributed by atoms with E-state index >= 15 is 8.78 Å². The molecule has 2 saturated heterocycles. The fourth-order valence-corrected chi connectivity index (χ4v) is 8.95. The van der Waals surface area contributed by atoms with E-state index in [1.165, 1.54) is 26.4 Å². The van der Waals surface area contributed by atoms with Crippen molar-refractivity contribution in [2.75, 3.05) is 19.1 Å². The summed E-state index contributed by atoms with van der Waals surface area (Å²) in [5.74, 6) is -22.6. The number of hydrogen-bond donors (Lipinski definition) is 1. The Morgan fingerprint density at radius 2 is 1.47 bits per heavy atom. The van der Waals surface area contributed by atoms with Crippen LogP contribution in [0.2, 0.25) is 0 Å². The van der Waals surface area contributed by atoms with Crippen molar-refractivity contribution in [3.63, 3.8) is 0 Å². The fraction of sp³-hybridized carbons (Fsp3) is 0.314. The number of hydrogen-bond acceptors (Lipinski definition) is 7. The lowest BCUT2D eigenvalue weighted by Gasteiger charge is -2.50. The quantitative estimate of drug-likeness (QED) is 0.0838. The third-order valence-electron chi connectivity index (χ3n) is 10.3. The van der Waals surface area contributed by atoms with Gasteiger partial charge in [-0.15, -0.1) is 23.2 Å². The van der Waals surface area contributed by atoms with E-state index in [1.54, 1.807) is 30.3 Å². The standard InChI is InChI=1S/C35H25Cl2F5N2O7/c1-50-15-10-19(45)22(20(11-15)51-2)23-16-8-9-17-21(31(47)43(30(17)46)13-14-6-4-3-5-7-14)18(16)12-34(36)32(48)44(33(49)35(23,34)37)29-27(41)25(39)24(38)26(40)28(29)42/h3-8,10-11,17-18,21,23,45H,9,12-13H2,1-2H3/t17-,18+,21-,23+,34+,35-/m0/s1. The lowest BCUT2D eigenvalue weighted by Crippen LogP contribution is -2.60. The molecule has 0 spiro atoms. The van der Waals surface area contributed by atoms with Crippen molar-refractivity contribution in [1.29, 1.82) is 0 Å². The van der Waals surface area contributed by atoms with E-state index in [0.29, 0.717) is 5.56 Å². The number of amides is 4. The lowest BCUT2D eigenvalue weighted by molar-refractivity contribution is -0.141. The van der Waals surface area contributed by atoms with Crippen LogP contribution in [0.15, 0.2) is 54.1 Å². The number of anilines is 1. The Hall–Kier alpha value is -4.69. The maximum atomic E-state index is 15.3. The molecule has 0 aromatic heterocycles. The Labute approximate surface area is 296 Å². The summed E-state index contributed by atoms with van der Waals surface area (Å²) < 4.78 is 84.3. The summed E-state index contributed by atoms with van der Waals surface area (Å²) >= 11 is 14.3. The van der Waals surface area contributed by atoms with Crippen LogP contribution in [0.25, 0.3) is 0 Å². The first-order valence-electron chi connectivity index (χ1n) is 15.5. The molecule has 3 aromatic rings. The zero-order valence-corrected chi connectivity index (χ0v) is 28.0. The van der Waals surface area contributed by atoms with Crippen LogP contribution in [0.5, 0.6) is 17.2 Å². The average molecular weight is 751 g/mol. The molecular weight excluding hydrogens is 726 g/mol. The summed E-state index contributed by atoms with van der Waals surface area (Å²) in [5.41, 5.74) is -1.36. The number of carbonyl (C=O) groups excluding carboxylic acids is 4. The van der Waals surface area contributed by atoms with Crippen LogP contribution in [0.1, 0.15) is 29.9 Å². The SMILES string of the molecule is COc1cc(O)c([C@H]2C3=CC[C@@H]4C(=O)N(Cc5ccccc5)C(=O)[C@@H]4[C@@H]3C[C@@]3(Cl)C(=O)N(c4c(F)c(F)c(F)c(F)c4F)C(=O)[C@@]23Cl)c(OC)c1. The maximum absolute atomic E-state index is 15.3. The molecule has 51 heavy (non-hydrogen) atoms. The minimum atomic E-state index is -2.84. The smallest absolute Gasteiger partial charge is 0.258 e. The maximum Gasteiger partial charge on any atom is 0.258 e. The van der Waals surface area contributed by atoms with Gasteiger partial charge in [0, 0.05) is 23.6 Å². The van der Waals surface area contributed by atoms with Gasteiger partial charge in [0.05, 0.1) is 32.6 Å². The highest BCUT2D eigenvalue weighted by atomic mass is 35.5. The predicted octanol–water partition coefficient (Wildman–Crippen LogP) is 5.87. The monoisotopic (exact) mass is 750 g/mol. The van der Waals surface area contributed by atoms with E-state index in [4.69, 9.17) is 32.7 Å². The van der Waals surface area contributed by atoms with Crippen molar-refractivity contribution in [3.8, 4) is 17.2 Å². The van der Waals surface area contributed by atoms with Gasteiger partial charge in [0.1, 0.15) is 22.9 Å². The third-order valence-corrected chi connectivity index (χ3v) is 11.7. The van der Waals surface area contributed by atoms with Crippen LogP contribution in [0.4, 0.5) is 27.6 Å². The number of benzene rings is 3. The van der Waals surface area contributed by atoms with Crippen molar-refractivity contribution in [2.45, 2.75) is 35.1 Å². The number of imide groups is 2. The number of phenolic OH excluding ortho intramolecular Hbond substituents is 1. The number of aromatic hydroxyl groups is 1. The van der Waals surface area contributed by atoms with Gasteiger partial charge in [-0.3, -0.25) is 24.1 Å². The Kier molecular flexibility index (Phi) is 8.14. The number of likely N-dealkylation sites (tertiary alicyclic amines) is 1. The van der Waals surface area contributed by atoms with Gasteiger partial charge in [-0.25, -0.2) is 26.9 Å². The summed E-state index contributed by atoms with van der Waals surface area (Å²) in [4.78, 5) is 51.9. The molecule has 16 heteroatoms. The number of nitrogens with zero attached hydrogens (tertiary/aromatic N) is 2. The fourth-order valence-electron chi connectivity index (χ4n) is 8.04. The molecule has 0 radical (unpaired) electrons.